The number of hydrogen-bond donors (Lipinski definition) is 3. The maximum atomic E-state index is 13.9. The van der Waals surface area contributed by atoms with Gasteiger partial charge < -0.3 is 11.1 Å². The molecule has 1 aliphatic rings. The van der Waals surface area contributed by atoms with E-state index in [1.165, 1.54) is 34.4 Å². The van der Waals surface area contributed by atoms with E-state index in [2.05, 4.69) is 15.4 Å². The molecule has 2 aromatic heterocycles. The van der Waals surface area contributed by atoms with Crippen molar-refractivity contribution in [2.24, 2.45) is 17.5 Å². The molecule has 10 nitrogen and oxygen atoms in total. The standard InChI is InChI=1S/C29H28Cl2F2N8O2/c1-16-4-2-7-23(17-5-3-6-18(10-17)27-22(38-28(16)43)13-37-41(27)29(32)33)39-15-36-21(12-26(39)42)20-11-19(30)8-9-24(20)40(35)14-25(31)34/h3,5-6,8-16,23,29H,2,4,7,34-35H2,1H3,(H,38,43)/b25-14-/t16?,23-/m0/s1. The third-order valence-electron chi connectivity index (χ3n) is 7.29. The number of carbonyl (C=O) groups is 1. The lowest BCUT2D eigenvalue weighted by molar-refractivity contribution is -0.119. The summed E-state index contributed by atoms with van der Waals surface area (Å²) in [5.74, 6) is 5.41. The molecule has 0 spiro atoms. The molecule has 1 unspecified atom stereocenters. The molecule has 0 saturated carbocycles. The van der Waals surface area contributed by atoms with E-state index in [0.717, 1.165) is 0 Å². The summed E-state index contributed by atoms with van der Waals surface area (Å²) in [5, 5.41) is 8.13. The van der Waals surface area contributed by atoms with Crippen LogP contribution >= 0.6 is 23.2 Å². The van der Waals surface area contributed by atoms with E-state index in [-0.39, 0.29) is 28.0 Å². The molecular weight excluding hydrogens is 601 g/mol. The van der Waals surface area contributed by atoms with E-state index >= 15 is 0 Å². The number of carbonyl (C=O) groups excluding carboxylic acids is 1. The summed E-state index contributed by atoms with van der Waals surface area (Å²) >= 11 is 12.1. The second kappa shape index (κ2) is 12.5. The third-order valence-corrected chi connectivity index (χ3v) is 7.62. The van der Waals surface area contributed by atoms with E-state index in [1.807, 2.05) is 6.07 Å². The number of rotatable bonds is 5. The Morgan fingerprint density at radius 2 is 1.98 bits per heavy atom. The van der Waals surface area contributed by atoms with Gasteiger partial charge in [0.15, 0.2) is 0 Å². The van der Waals surface area contributed by atoms with E-state index in [0.29, 0.717) is 57.0 Å². The predicted octanol–water partition coefficient (Wildman–Crippen LogP) is 5.85. The lowest BCUT2D eigenvalue weighted by Gasteiger charge is -2.23. The summed E-state index contributed by atoms with van der Waals surface area (Å²) in [6, 6.07) is 12.7. The lowest BCUT2D eigenvalue weighted by Crippen LogP contribution is -2.27. The number of anilines is 2. The molecule has 1 amide bonds. The van der Waals surface area contributed by atoms with Gasteiger partial charge in [0.05, 0.1) is 47.5 Å². The summed E-state index contributed by atoms with van der Waals surface area (Å²) in [7, 11) is 0. The molecule has 3 heterocycles. The first kappa shape index (κ1) is 30.2. The van der Waals surface area contributed by atoms with Gasteiger partial charge in [-0.05, 0) is 42.7 Å². The first-order chi connectivity index (χ1) is 20.5. The van der Waals surface area contributed by atoms with Gasteiger partial charge in [0.1, 0.15) is 5.16 Å². The highest BCUT2D eigenvalue weighted by molar-refractivity contribution is 6.31. The molecule has 2 bridgehead atoms. The first-order valence-corrected chi connectivity index (χ1v) is 14.1. The largest absolute Gasteiger partial charge is 0.388 e. The summed E-state index contributed by atoms with van der Waals surface area (Å²) in [4.78, 5) is 31.1. The minimum atomic E-state index is -2.93. The van der Waals surface area contributed by atoms with Gasteiger partial charge in [-0.25, -0.2) is 15.5 Å². The van der Waals surface area contributed by atoms with Crippen molar-refractivity contribution in [1.29, 1.82) is 0 Å². The average molecular weight is 629 g/mol. The topological polar surface area (TPSA) is 137 Å². The van der Waals surface area contributed by atoms with E-state index in [9.17, 15) is 18.4 Å². The highest BCUT2D eigenvalue weighted by Gasteiger charge is 2.25. The van der Waals surface area contributed by atoms with Crippen LogP contribution in [0.15, 0.2) is 77.2 Å². The maximum Gasteiger partial charge on any atom is 0.333 e. The van der Waals surface area contributed by atoms with Crippen LogP contribution in [0.25, 0.3) is 22.5 Å². The van der Waals surface area contributed by atoms with Crippen molar-refractivity contribution >= 4 is 40.5 Å². The molecule has 0 radical (unpaired) electrons. The van der Waals surface area contributed by atoms with Gasteiger partial charge in [-0.2, -0.15) is 13.9 Å². The molecule has 14 heteroatoms. The fourth-order valence-corrected chi connectivity index (χ4v) is 5.46. The van der Waals surface area contributed by atoms with Crippen LogP contribution in [0, 0.1) is 5.92 Å². The molecule has 5 N–H and O–H groups in total. The van der Waals surface area contributed by atoms with Gasteiger partial charge in [-0.3, -0.25) is 19.2 Å². The van der Waals surface area contributed by atoms with E-state index in [4.69, 9.17) is 34.8 Å². The van der Waals surface area contributed by atoms with Gasteiger partial charge in [0.2, 0.25) is 5.91 Å². The minimum Gasteiger partial charge on any atom is -0.388 e. The molecule has 0 fully saturated rings. The summed E-state index contributed by atoms with van der Waals surface area (Å²) < 4.78 is 29.9. The fraction of sp³-hybridized carbons (Fsp3) is 0.241. The first-order valence-electron chi connectivity index (χ1n) is 13.3. The Hall–Kier alpha value is -4.26. The van der Waals surface area contributed by atoms with Crippen LogP contribution < -0.4 is 27.5 Å². The van der Waals surface area contributed by atoms with Crippen molar-refractivity contribution < 1.29 is 13.6 Å². The Morgan fingerprint density at radius 3 is 2.70 bits per heavy atom. The summed E-state index contributed by atoms with van der Waals surface area (Å²) in [6.07, 6.45) is 5.56. The Morgan fingerprint density at radius 1 is 1.19 bits per heavy atom. The Labute approximate surface area is 255 Å². The highest BCUT2D eigenvalue weighted by atomic mass is 35.5. The number of alkyl halides is 2. The van der Waals surface area contributed by atoms with Crippen molar-refractivity contribution in [2.75, 3.05) is 10.3 Å². The average Bonchev–Trinajstić information content (AvgIpc) is 3.38. The van der Waals surface area contributed by atoms with Crippen LogP contribution in [0.5, 0.6) is 0 Å². The van der Waals surface area contributed by atoms with Crippen molar-refractivity contribution in [1.82, 2.24) is 19.3 Å². The van der Waals surface area contributed by atoms with Crippen LogP contribution in [-0.2, 0) is 4.79 Å². The number of hydrazine groups is 1. The number of fused-ring (bicyclic) bond motifs is 4. The number of hydrogen-bond acceptors (Lipinski definition) is 7. The number of halogens is 4. The molecule has 43 heavy (non-hydrogen) atoms. The zero-order valence-electron chi connectivity index (χ0n) is 22.9. The SMILES string of the molecule is CC1CCC[C@H](n2cnc(-c3cc(Cl)ccc3N(N)/C=C(\N)Cl)cc2=O)c2cccc(c2)-c2c(cnn2C(F)F)NC1=O. The fourth-order valence-electron chi connectivity index (χ4n) is 5.19. The van der Waals surface area contributed by atoms with Gasteiger partial charge in [-0.15, -0.1) is 0 Å². The Balaban J connectivity index is 1.61. The van der Waals surface area contributed by atoms with Gasteiger partial charge in [0, 0.05) is 28.1 Å². The van der Waals surface area contributed by atoms with Crippen molar-refractivity contribution in [3.05, 3.63) is 93.4 Å². The maximum absolute atomic E-state index is 13.9. The predicted molar refractivity (Wildman–Crippen MR) is 162 cm³/mol. The highest BCUT2D eigenvalue weighted by Crippen LogP contribution is 2.36. The quantitative estimate of drug-likeness (QED) is 0.143. The number of nitrogens with two attached hydrogens (primary N) is 2. The second-order valence-corrected chi connectivity index (χ2v) is 11.1. The van der Waals surface area contributed by atoms with Crippen LogP contribution in [0.2, 0.25) is 5.02 Å². The van der Waals surface area contributed by atoms with Crippen LogP contribution in [0.4, 0.5) is 20.2 Å². The van der Waals surface area contributed by atoms with Crippen LogP contribution in [-0.4, -0.2) is 25.2 Å². The third kappa shape index (κ3) is 6.41. The van der Waals surface area contributed by atoms with Gasteiger partial charge >= 0.3 is 6.55 Å². The molecule has 224 valence electrons. The van der Waals surface area contributed by atoms with Crippen molar-refractivity contribution in [2.45, 2.75) is 38.8 Å². The number of benzene rings is 2. The molecule has 0 aliphatic carbocycles. The molecular formula is C29H28Cl2F2N8O2. The molecule has 1 aliphatic heterocycles. The summed E-state index contributed by atoms with van der Waals surface area (Å²) in [6.45, 7) is -1.16. The van der Waals surface area contributed by atoms with Crippen LogP contribution in [0.1, 0.15) is 44.3 Å². The molecule has 5 rings (SSSR count). The smallest absolute Gasteiger partial charge is 0.333 e. The monoisotopic (exact) mass is 628 g/mol. The molecule has 2 aromatic carbocycles. The number of nitrogens with zero attached hydrogens (tertiary/aromatic N) is 5. The zero-order valence-corrected chi connectivity index (χ0v) is 24.4. The molecule has 0 saturated heterocycles. The molecule has 4 aromatic rings. The van der Waals surface area contributed by atoms with Crippen LogP contribution in [0.3, 0.4) is 0 Å². The number of amides is 1. The Kier molecular flexibility index (Phi) is 8.81. The van der Waals surface area contributed by atoms with E-state index < -0.39 is 18.5 Å². The normalized spacial score (nSPS) is 17.6. The van der Waals surface area contributed by atoms with Crippen molar-refractivity contribution in [3.63, 3.8) is 0 Å². The Bertz CT molecular complexity index is 1750. The van der Waals surface area contributed by atoms with Gasteiger partial charge in [-0.1, -0.05) is 54.7 Å². The van der Waals surface area contributed by atoms with Gasteiger partial charge in [0.25, 0.3) is 5.56 Å². The number of nitrogens with one attached hydrogen (secondary N) is 1. The second-order valence-electron chi connectivity index (χ2n) is 10.2. The zero-order chi connectivity index (χ0) is 30.8. The minimum absolute atomic E-state index is 0.0490. The summed E-state index contributed by atoms with van der Waals surface area (Å²) in [5.41, 5.74) is 7.83. The van der Waals surface area contributed by atoms with E-state index in [1.54, 1.807) is 43.3 Å². The van der Waals surface area contributed by atoms with Crippen molar-refractivity contribution in [3.8, 4) is 22.5 Å². The number of aromatic nitrogens is 4. The lowest BCUT2D eigenvalue weighted by atomic mass is 9.94. The molecule has 2 atom stereocenters.